The smallest absolute Gasteiger partial charge is 0.282 e. The van der Waals surface area contributed by atoms with Crippen molar-refractivity contribution in [2.24, 2.45) is 0 Å². The fourth-order valence-electron chi connectivity index (χ4n) is 2.59. The first-order valence-corrected chi connectivity index (χ1v) is 6.82. The summed E-state index contributed by atoms with van der Waals surface area (Å²) in [6, 6.07) is 4.35. The van der Waals surface area contributed by atoms with Crippen LogP contribution >= 0.6 is 0 Å². The van der Waals surface area contributed by atoms with Gasteiger partial charge in [0.1, 0.15) is 5.56 Å². The quantitative estimate of drug-likeness (QED) is 0.652. The number of carbonyl (C=O) groups excluding carboxylic acids is 1. The highest BCUT2D eigenvalue weighted by atomic mass is 16.6. The van der Waals surface area contributed by atoms with Gasteiger partial charge in [-0.1, -0.05) is 0 Å². The van der Waals surface area contributed by atoms with Crippen molar-refractivity contribution in [3.63, 3.8) is 0 Å². The van der Waals surface area contributed by atoms with Crippen LogP contribution < -0.4 is 5.32 Å². The molecule has 1 amide bonds. The Morgan fingerprint density at radius 1 is 1.52 bits per heavy atom. The molecular formula is C14H19N3O4. The molecule has 0 aromatic heterocycles. The fraction of sp³-hybridized carbons (Fsp3) is 0.500. The number of carbonyl (C=O) groups is 1. The van der Waals surface area contributed by atoms with Crippen molar-refractivity contribution >= 4 is 17.3 Å². The van der Waals surface area contributed by atoms with E-state index in [1.165, 1.54) is 17.0 Å². The highest BCUT2D eigenvalue weighted by Crippen LogP contribution is 2.27. The molecule has 1 unspecified atom stereocenters. The molecule has 2 rings (SSSR count). The lowest BCUT2D eigenvalue weighted by Gasteiger charge is -2.36. The van der Waals surface area contributed by atoms with Crippen LogP contribution in [-0.2, 0) is 0 Å². The van der Waals surface area contributed by atoms with Crippen LogP contribution in [0.3, 0.4) is 0 Å². The van der Waals surface area contributed by atoms with Crippen LogP contribution in [0.1, 0.15) is 30.1 Å². The number of nitro groups is 1. The van der Waals surface area contributed by atoms with Crippen molar-refractivity contribution in [2.75, 3.05) is 25.5 Å². The summed E-state index contributed by atoms with van der Waals surface area (Å²) in [5, 5.41) is 24.0. The molecule has 114 valence electrons. The van der Waals surface area contributed by atoms with E-state index in [-0.39, 0.29) is 17.8 Å². The highest BCUT2D eigenvalue weighted by molar-refractivity contribution is 5.99. The van der Waals surface area contributed by atoms with Gasteiger partial charge in [0.15, 0.2) is 0 Å². The number of nitro benzene ring substituents is 1. The number of nitrogens with zero attached hydrogens (tertiary/aromatic N) is 2. The number of likely N-dealkylation sites (tertiary alicyclic amines) is 1. The predicted molar refractivity (Wildman–Crippen MR) is 78.4 cm³/mol. The number of benzene rings is 1. The Labute approximate surface area is 122 Å². The number of aliphatic hydroxyl groups is 1. The predicted octanol–water partition coefficient (Wildman–Crippen LogP) is 1.62. The Kier molecular flexibility index (Phi) is 4.13. The molecule has 0 radical (unpaired) electrons. The van der Waals surface area contributed by atoms with Gasteiger partial charge in [-0.15, -0.1) is 0 Å². The zero-order valence-corrected chi connectivity index (χ0v) is 12.1. The van der Waals surface area contributed by atoms with Crippen LogP contribution in [0, 0.1) is 10.1 Å². The molecule has 21 heavy (non-hydrogen) atoms. The second kappa shape index (κ2) is 5.69. The van der Waals surface area contributed by atoms with Crippen molar-refractivity contribution in [3.05, 3.63) is 33.9 Å². The molecule has 2 N–H and O–H groups in total. The summed E-state index contributed by atoms with van der Waals surface area (Å²) in [4.78, 5) is 24.6. The second-order valence-electron chi connectivity index (χ2n) is 5.57. The van der Waals surface area contributed by atoms with Gasteiger partial charge in [0.2, 0.25) is 0 Å². The minimum Gasteiger partial charge on any atom is -0.388 e. The van der Waals surface area contributed by atoms with E-state index in [2.05, 4.69) is 5.32 Å². The zero-order chi connectivity index (χ0) is 15.6. The average molecular weight is 293 g/mol. The largest absolute Gasteiger partial charge is 0.388 e. The topological polar surface area (TPSA) is 95.7 Å². The number of β-amino-alcohol motifs (C(OH)–C–C–N with tert-alkyl or cyclic N) is 1. The van der Waals surface area contributed by atoms with E-state index >= 15 is 0 Å². The van der Waals surface area contributed by atoms with Crippen molar-refractivity contribution in [1.82, 2.24) is 4.90 Å². The maximum absolute atomic E-state index is 12.6. The molecule has 7 heteroatoms. The van der Waals surface area contributed by atoms with E-state index in [4.69, 9.17) is 0 Å². The third kappa shape index (κ3) is 3.30. The van der Waals surface area contributed by atoms with Crippen LogP contribution in [0.2, 0.25) is 0 Å². The van der Waals surface area contributed by atoms with Gasteiger partial charge in [-0.25, -0.2) is 0 Å². The Morgan fingerprint density at radius 2 is 2.24 bits per heavy atom. The van der Waals surface area contributed by atoms with Crippen LogP contribution in [0.4, 0.5) is 11.4 Å². The summed E-state index contributed by atoms with van der Waals surface area (Å²) < 4.78 is 0. The van der Waals surface area contributed by atoms with Gasteiger partial charge >= 0.3 is 0 Å². The normalized spacial score (nSPS) is 22.0. The van der Waals surface area contributed by atoms with E-state index in [1.807, 2.05) is 0 Å². The van der Waals surface area contributed by atoms with E-state index in [1.54, 1.807) is 20.0 Å². The first-order valence-electron chi connectivity index (χ1n) is 6.82. The SMILES string of the molecule is CNc1ccc([N+](=O)[O-])c(C(=O)N2CCCC(C)(O)C2)c1. The van der Waals surface area contributed by atoms with Crippen molar-refractivity contribution in [1.29, 1.82) is 0 Å². The molecule has 1 aliphatic heterocycles. The third-order valence-corrected chi connectivity index (χ3v) is 3.67. The van der Waals surface area contributed by atoms with Crippen LogP contribution in [-0.4, -0.2) is 46.6 Å². The van der Waals surface area contributed by atoms with Gasteiger partial charge in [0.25, 0.3) is 11.6 Å². The average Bonchev–Trinajstić information content (AvgIpc) is 2.44. The summed E-state index contributed by atoms with van der Waals surface area (Å²) in [6.45, 7) is 2.35. The molecular weight excluding hydrogens is 274 g/mol. The summed E-state index contributed by atoms with van der Waals surface area (Å²) in [7, 11) is 1.68. The third-order valence-electron chi connectivity index (χ3n) is 3.67. The number of piperidine rings is 1. The molecule has 0 bridgehead atoms. The number of hydrogen-bond donors (Lipinski definition) is 2. The maximum Gasteiger partial charge on any atom is 0.282 e. The van der Waals surface area contributed by atoms with Gasteiger partial charge in [-0.05, 0) is 31.9 Å². The first-order chi connectivity index (χ1) is 9.84. The first kappa shape index (κ1) is 15.2. The summed E-state index contributed by atoms with van der Waals surface area (Å²) in [6.07, 6.45) is 1.30. The van der Waals surface area contributed by atoms with Crippen molar-refractivity contribution < 1.29 is 14.8 Å². The molecule has 1 atom stereocenters. The lowest BCUT2D eigenvalue weighted by molar-refractivity contribution is -0.385. The number of anilines is 1. The molecule has 1 heterocycles. The molecule has 1 fully saturated rings. The number of amides is 1. The lowest BCUT2D eigenvalue weighted by atomic mass is 9.94. The van der Waals surface area contributed by atoms with Gasteiger partial charge in [0, 0.05) is 31.9 Å². The van der Waals surface area contributed by atoms with Crippen molar-refractivity contribution in [3.8, 4) is 0 Å². The van der Waals surface area contributed by atoms with E-state index < -0.39 is 16.4 Å². The lowest BCUT2D eigenvalue weighted by Crippen LogP contribution is -2.48. The Hall–Kier alpha value is -2.15. The maximum atomic E-state index is 12.6. The minimum absolute atomic E-state index is 0.0459. The summed E-state index contributed by atoms with van der Waals surface area (Å²) >= 11 is 0. The molecule has 0 spiro atoms. The van der Waals surface area contributed by atoms with Crippen molar-refractivity contribution in [2.45, 2.75) is 25.4 Å². The molecule has 1 aliphatic rings. The fourth-order valence-corrected chi connectivity index (χ4v) is 2.59. The standard InChI is InChI=1S/C14H19N3O4/c1-14(19)6-3-7-16(9-14)13(18)11-8-10(15-2)4-5-12(11)17(20)21/h4-5,8,15,19H,3,6-7,9H2,1-2H3. The summed E-state index contributed by atoms with van der Waals surface area (Å²) in [5.74, 6) is -0.418. The van der Waals surface area contributed by atoms with Gasteiger partial charge < -0.3 is 15.3 Å². The molecule has 7 nitrogen and oxygen atoms in total. The molecule has 1 saturated heterocycles. The number of nitrogens with one attached hydrogen (secondary N) is 1. The molecule has 0 aliphatic carbocycles. The van der Waals surface area contributed by atoms with Gasteiger partial charge in [-0.3, -0.25) is 14.9 Å². The second-order valence-corrected chi connectivity index (χ2v) is 5.57. The Balaban J connectivity index is 2.35. The number of hydrogen-bond acceptors (Lipinski definition) is 5. The van der Waals surface area contributed by atoms with Gasteiger partial charge in [0.05, 0.1) is 10.5 Å². The van der Waals surface area contributed by atoms with E-state index in [9.17, 15) is 20.0 Å². The van der Waals surface area contributed by atoms with Crippen LogP contribution in [0.15, 0.2) is 18.2 Å². The van der Waals surface area contributed by atoms with E-state index in [0.29, 0.717) is 25.1 Å². The monoisotopic (exact) mass is 293 g/mol. The highest BCUT2D eigenvalue weighted by Gasteiger charge is 2.33. The minimum atomic E-state index is -0.941. The Morgan fingerprint density at radius 3 is 2.81 bits per heavy atom. The molecule has 1 aromatic rings. The number of rotatable bonds is 3. The summed E-state index contributed by atoms with van der Waals surface area (Å²) in [5.41, 5.74) is -0.481. The molecule has 0 saturated carbocycles. The molecule has 1 aromatic carbocycles. The van der Waals surface area contributed by atoms with E-state index in [0.717, 1.165) is 0 Å². The van der Waals surface area contributed by atoms with Gasteiger partial charge in [-0.2, -0.15) is 0 Å². The Bertz CT molecular complexity index is 571. The van der Waals surface area contributed by atoms with Crippen LogP contribution in [0.5, 0.6) is 0 Å². The van der Waals surface area contributed by atoms with Crippen LogP contribution in [0.25, 0.3) is 0 Å². The zero-order valence-electron chi connectivity index (χ0n) is 12.1.